The lowest BCUT2D eigenvalue weighted by molar-refractivity contribution is 0.0944. The van der Waals surface area contributed by atoms with E-state index in [1.807, 2.05) is 36.4 Å². The van der Waals surface area contributed by atoms with E-state index in [9.17, 15) is 4.79 Å². The molecule has 174 valence electrons. The zero-order valence-corrected chi connectivity index (χ0v) is 19.1. The van der Waals surface area contributed by atoms with E-state index >= 15 is 0 Å². The van der Waals surface area contributed by atoms with Gasteiger partial charge in [0.25, 0.3) is 5.91 Å². The van der Waals surface area contributed by atoms with E-state index < -0.39 is 0 Å². The molecule has 0 saturated heterocycles. The van der Waals surface area contributed by atoms with Gasteiger partial charge in [0.15, 0.2) is 0 Å². The van der Waals surface area contributed by atoms with Gasteiger partial charge in [-0.1, -0.05) is 43.5 Å². The number of fused-ring (bicyclic) bond motifs is 1. The minimum Gasteiger partial charge on any atom is -0.396 e. The number of amides is 1. The molecule has 0 aliphatic heterocycles. The normalized spacial score (nSPS) is 15.2. The summed E-state index contributed by atoms with van der Waals surface area (Å²) in [5.74, 6) is 6.12. The monoisotopic (exact) mass is 447 g/mol. The van der Waals surface area contributed by atoms with E-state index in [1.165, 1.54) is 37.1 Å². The van der Waals surface area contributed by atoms with Crippen molar-refractivity contribution in [3.05, 3.63) is 66.0 Å². The first kappa shape index (κ1) is 22.8. The maximum absolute atomic E-state index is 12.7. The Morgan fingerprint density at radius 2 is 1.97 bits per heavy atom. The van der Waals surface area contributed by atoms with Crippen LogP contribution in [-0.2, 0) is 0 Å². The number of anilines is 1. The van der Waals surface area contributed by atoms with Gasteiger partial charge in [0.05, 0.1) is 16.9 Å². The van der Waals surface area contributed by atoms with Gasteiger partial charge in [0.1, 0.15) is 5.69 Å². The fraction of sp³-hybridized carbons (Fsp3) is 0.360. The van der Waals surface area contributed by atoms with Gasteiger partial charge in [-0.2, -0.15) is 5.10 Å². The maximum atomic E-state index is 12.7. The van der Waals surface area contributed by atoms with Gasteiger partial charge in [-0.3, -0.25) is 14.9 Å². The van der Waals surface area contributed by atoms with Crippen LogP contribution < -0.4 is 21.9 Å². The molecule has 0 atom stereocenters. The van der Waals surface area contributed by atoms with E-state index in [-0.39, 0.29) is 5.91 Å². The van der Waals surface area contributed by atoms with Crippen LogP contribution in [0.4, 0.5) is 5.69 Å². The number of nitrogens with one attached hydrogen (secondary N) is 2. The molecule has 1 heterocycles. The number of aromatic amines is 1. The van der Waals surface area contributed by atoms with Crippen molar-refractivity contribution in [3.8, 4) is 0 Å². The molecule has 3 aromatic rings. The average molecular weight is 448 g/mol. The van der Waals surface area contributed by atoms with Crippen molar-refractivity contribution in [3.63, 3.8) is 0 Å². The Labute approximate surface area is 194 Å². The van der Waals surface area contributed by atoms with Crippen LogP contribution in [0.2, 0.25) is 0 Å². The number of nitrogens with zero attached hydrogens (tertiary/aromatic N) is 3. The second kappa shape index (κ2) is 10.5. The Balaban J connectivity index is 1.37. The molecule has 8 heteroatoms. The standard InChI is InChI=1S/C25H33N7O/c1-31(19-9-3-2-4-10-19)15-14-28-25(33)18-8-7-11-20(16-18)32(27)17-22(26)24-21-12-5-6-13-23(21)29-30-24/h5-8,11-13,16-17,19H,2-4,9-10,14-15,26-27H2,1H3,(H,28,33)(H,29,30)/b22-17-. The van der Waals surface area contributed by atoms with Crippen LogP contribution in [-0.4, -0.2) is 47.2 Å². The average Bonchev–Trinajstić information content (AvgIpc) is 3.29. The smallest absolute Gasteiger partial charge is 0.251 e. The summed E-state index contributed by atoms with van der Waals surface area (Å²) in [5.41, 5.74) is 9.45. The molecule has 0 spiro atoms. The summed E-state index contributed by atoms with van der Waals surface area (Å²) in [7, 11) is 2.15. The predicted molar refractivity (Wildman–Crippen MR) is 133 cm³/mol. The number of likely N-dealkylation sites (N-methyl/N-ethyl adjacent to an activating group) is 1. The van der Waals surface area contributed by atoms with Crippen molar-refractivity contribution in [1.82, 2.24) is 20.4 Å². The van der Waals surface area contributed by atoms with Gasteiger partial charge in [-0.05, 0) is 44.2 Å². The molecule has 0 radical (unpaired) electrons. The van der Waals surface area contributed by atoms with Gasteiger partial charge < -0.3 is 16.0 Å². The minimum absolute atomic E-state index is 0.113. The van der Waals surface area contributed by atoms with Crippen LogP contribution in [0.5, 0.6) is 0 Å². The van der Waals surface area contributed by atoms with E-state index in [4.69, 9.17) is 11.6 Å². The molecule has 1 aromatic heterocycles. The zero-order valence-electron chi connectivity index (χ0n) is 19.1. The molecule has 1 aliphatic carbocycles. The van der Waals surface area contributed by atoms with Crippen molar-refractivity contribution < 1.29 is 4.79 Å². The molecule has 0 bridgehead atoms. The third-order valence-corrected chi connectivity index (χ3v) is 6.38. The van der Waals surface area contributed by atoms with Crippen LogP contribution in [0.3, 0.4) is 0 Å². The lowest BCUT2D eigenvalue weighted by atomic mass is 9.94. The van der Waals surface area contributed by atoms with Gasteiger partial charge in [0, 0.05) is 36.3 Å². The maximum Gasteiger partial charge on any atom is 0.251 e. The fourth-order valence-corrected chi connectivity index (χ4v) is 4.43. The number of rotatable bonds is 8. The first-order valence-corrected chi connectivity index (χ1v) is 11.6. The quantitative estimate of drug-likeness (QED) is 0.311. The topological polar surface area (TPSA) is 116 Å². The zero-order chi connectivity index (χ0) is 23.2. The summed E-state index contributed by atoms with van der Waals surface area (Å²) < 4.78 is 0. The van der Waals surface area contributed by atoms with E-state index in [0.717, 1.165) is 17.4 Å². The highest BCUT2D eigenvalue weighted by molar-refractivity contribution is 5.95. The Kier molecular flexibility index (Phi) is 7.26. The number of para-hydroxylation sites is 1. The Morgan fingerprint density at radius 3 is 2.79 bits per heavy atom. The number of hydrazine groups is 1. The fourth-order valence-electron chi connectivity index (χ4n) is 4.43. The first-order chi connectivity index (χ1) is 16.0. The lowest BCUT2D eigenvalue weighted by Gasteiger charge is -2.31. The van der Waals surface area contributed by atoms with Crippen molar-refractivity contribution >= 4 is 28.2 Å². The molecule has 1 fully saturated rings. The van der Waals surface area contributed by atoms with Gasteiger partial charge in [0.2, 0.25) is 0 Å². The SMILES string of the molecule is CN(CCNC(=O)c1cccc(N(N)/C=C(\N)c2n[nH]c3ccccc23)c1)C1CCCCC1. The highest BCUT2D eigenvalue weighted by Crippen LogP contribution is 2.22. The Morgan fingerprint density at radius 1 is 1.18 bits per heavy atom. The second-order valence-corrected chi connectivity index (χ2v) is 8.69. The largest absolute Gasteiger partial charge is 0.396 e. The minimum atomic E-state index is -0.113. The van der Waals surface area contributed by atoms with Gasteiger partial charge in [-0.25, -0.2) is 5.84 Å². The molecule has 8 nitrogen and oxygen atoms in total. The van der Waals surface area contributed by atoms with Crippen molar-refractivity contribution in [2.45, 2.75) is 38.1 Å². The third-order valence-electron chi connectivity index (χ3n) is 6.38. The summed E-state index contributed by atoms with van der Waals surface area (Å²) in [6.45, 7) is 1.46. The number of H-pyrrole nitrogens is 1. The molecule has 33 heavy (non-hydrogen) atoms. The summed E-state index contributed by atoms with van der Waals surface area (Å²) in [6, 6.07) is 15.6. The number of aromatic nitrogens is 2. The highest BCUT2D eigenvalue weighted by atomic mass is 16.1. The second-order valence-electron chi connectivity index (χ2n) is 8.69. The Hall–Kier alpha value is -3.36. The molecule has 1 saturated carbocycles. The number of carbonyl (C=O) groups is 1. The van der Waals surface area contributed by atoms with Crippen LogP contribution in [0.15, 0.2) is 54.7 Å². The molecule has 4 rings (SSSR count). The number of benzene rings is 2. The number of carbonyl (C=O) groups excluding carboxylic acids is 1. The Bertz CT molecular complexity index is 1120. The molecule has 6 N–H and O–H groups in total. The van der Waals surface area contributed by atoms with Gasteiger partial charge in [-0.15, -0.1) is 0 Å². The third kappa shape index (κ3) is 5.53. The molecule has 0 unspecified atom stereocenters. The number of nitrogens with two attached hydrogens (primary N) is 2. The van der Waals surface area contributed by atoms with Crippen LogP contribution in [0, 0.1) is 0 Å². The predicted octanol–water partition coefficient (Wildman–Crippen LogP) is 3.19. The summed E-state index contributed by atoms with van der Waals surface area (Å²) in [4.78, 5) is 15.1. The van der Waals surface area contributed by atoms with Crippen LogP contribution in [0.25, 0.3) is 16.6 Å². The summed E-state index contributed by atoms with van der Waals surface area (Å²) in [6.07, 6.45) is 8.07. The molecular weight excluding hydrogens is 414 g/mol. The highest BCUT2D eigenvalue weighted by Gasteiger charge is 2.18. The lowest BCUT2D eigenvalue weighted by Crippen LogP contribution is -2.39. The molecular formula is C25H33N7O. The van der Waals surface area contributed by atoms with Crippen LogP contribution >= 0.6 is 0 Å². The van der Waals surface area contributed by atoms with Gasteiger partial charge >= 0.3 is 0 Å². The number of hydrogen-bond acceptors (Lipinski definition) is 6. The summed E-state index contributed by atoms with van der Waals surface area (Å²) >= 11 is 0. The van der Waals surface area contributed by atoms with Crippen molar-refractivity contribution in [1.29, 1.82) is 0 Å². The van der Waals surface area contributed by atoms with E-state index in [2.05, 4.69) is 27.5 Å². The van der Waals surface area contributed by atoms with E-state index in [1.54, 1.807) is 18.3 Å². The molecule has 1 amide bonds. The summed E-state index contributed by atoms with van der Waals surface area (Å²) in [5, 5.41) is 12.6. The first-order valence-electron chi connectivity index (χ1n) is 11.6. The molecule has 2 aromatic carbocycles. The van der Waals surface area contributed by atoms with Crippen molar-refractivity contribution in [2.75, 3.05) is 25.1 Å². The van der Waals surface area contributed by atoms with E-state index in [0.29, 0.717) is 35.2 Å². The number of hydrogen-bond donors (Lipinski definition) is 4. The van der Waals surface area contributed by atoms with Crippen LogP contribution in [0.1, 0.15) is 48.2 Å². The molecule has 1 aliphatic rings. The van der Waals surface area contributed by atoms with Crippen molar-refractivity contribution in [2.24, 2.45) is 11.6 Å².